The molecule has 72 heavy (non-hydrogen) atoms. The molecule has 18 atom stereocenters. The Morgan fingerprint density at radius 1 is 0.639 bits per heavy atom. The number of hydrogen-bond acceptors (Lipinski definition) is 21. The monoisotopic (exact) mass is 1010 g/mol. The molecule has 0 amide bonds. The van der Waals surface area contributed by atoms with Gasteiger partial charge in [0.15, 0.2) is 37.2 Å². The van der Waals surface area contributed by atoms with Crippen LogP contribution >= 0.6 is 0 Å². The molecule has 0 bridgehead atoms. The van der Waals surface area contributed by atoms with Crippen LogP contribution in [0.3, 0.4) is 0 Å². The van der Waals surface area contributed by atoms with Crippen molar-refractivity contribution in [1.82, 2.24) is 5.32 Å². The Hall–Kier alpha value is -6.47. The minimum absolute atomic E-state index is 0.0828. The lowest BCUT2D eigenvalue weighted by Gasteiger charge is -2.47. The summed E-state index contributed by atoms with van der Waals surface area (Å²) in [5, 5.41) is 18.8. The summed E-state index contributed by atoms with van der Waals surface area (Å²) in [6.45, 7) is 8.53. The van der Waals surface area contributed by atoms with Crippen molar-refractivity contribution in [2.75, 3.05) is 13.2 Å². The third-order valence-electron chi connectivity index (χ3n) is 12.2. The predicted molar refractivity (Wildman–Crippen MR) is 243 cm³/mol. The molecule has 4 aliphatic rings. The van der Waals surface area contributed by atoms with Gasteiger partial charge in [0.25, 0.3) is 0 Å². The standard InChI is InChI=1S/C43H59N13O16/c1-8-27(48-17-26-12-10-9-11-13-26)30-15-14-28(50-54-45)41(67-30)70-34-20(2)16-29(51-55-46)35(63-22(4)58)39(34)72-43-40(66-25(7)61)37(32(69-43)19-62-21(3)57)71-42-33(52-56-47)38(65-24(6)60)36(64-23(5)59)31(68-42)18-49-53-44/h9-13,20,27-43,48H,8,14-19H2,1-7H3. The van der Waals surface area contributed by atoms with Crippen molar-refractivity contribution in [3.8, 4) is 0 Å². The third kappa shape index (κ3) is 15.3. The van der Waals surface area contributed by atoms with Crippen LogP contribution in [0, 0.1) is 5.92 Å². The van der Waals surface area contributed by atoms with E-state index >= 15 is 0 Å². The van der Waals surface area contributed by atoms with Crippen molar-refractivity contribution in [2.45, 2.75) is 185 Å². The molecule has 1 N–H and O–H groups in total. The summed E-state index contributed by atoms with van der Waals surface area (Å²) in [6, 6.07) is 5.99. The first kappa shape index (κ1) is 56.4. The number of hydrogen-bond donors (Lipinski definition) is 1. The van der Waals surface area contributed by atoms with Crippen molar-refractivity contribution in [2.24, 2.45) is 26.4 Å². The highest BCUT2D eigenvalue weighted by atomic mass is 16.8. The molecule has 29 heteroatoms. The molecule has 5 rings (SSSR count). The Balaban J connectivity index is 1.56. The van der Waals surface area contributed by atoms with E-state index in [4.69, 9.17) is 52.1 Å². The molecule has 0 aromatic heterocycles. The fourth-order valence-electron chi connectivity index (χ4n) is 9.24. The molecule has 3 aliphatic heterocycles. The van der Waals surface area contributed by atoms with E-state index in [1.165, 1.54) is 0 Å². The van der Waals surface area contributed by atoms with Gasteiger partial charge < -0.3 is 57.4 Å². The largest absolute Gasteiger partial charge is 0.463 e. The van der Waals surface area contributed by atoms with Crippen molar-refractivity contribution in [3.05, 3.63) is 77.7 Å². The number of ether oxygens (including phenoxy) is 11. The van der Waals surface area contributed by atoms with Gasteiger partial charge in [-0.05, 0) is 59.3 Å². The van der Waals surface area contributed by atoms with Crippen molar-refractivity contribution in [3.63, 3.8) is 0 Å². The average molecular weight is 1010 g/mol. The smallest absolute Gasteiger partial charge is 0.303 e. The molecular formula is C43H59N13O16. The van der Waals surface area contributed by atoms with Gasteiger partial charge in [-0.1, -0.05) is 64.6 Å². The highest BCUT2D eigenvalue weighted by Crippen LogP contribution is 2.41. The zero-order valence-corrected chi connectivity index (χ0v) is 40.6. The van der Waals surface area contributed by atoms with Gasteiger partial charge in [-0.2, -0.15) is 0 Å². The van der Waals surface area contributed by atoms with E-state index in [0.717, 1.165) is 40.2 Å². The van der Waals surface area contributed by atoms with E-state index in [0.29, 0.717) is 25.8 Å². The average Bonchev–Trinajstić information content (AvgIpc) is 3.63. The topological polar surface area (TPSA) is 394 Å². The molecule has 3 saturated heterocycles. The molecule has 18 unspecified atom stereocenters. The maximum atomic E-state index is 13.0. The van der Waals surface area contributed by atoms with Crippen molar-refractivity contribution < 1.29 is 76.1 Å². The van der Waals surface area contributed by atoms with E-state index < -0.39 is 147 Å². The SMILES string of the molecule is CCC(NCc1ccccc1)C1CCC(N=[N+]=[N-])C(OC2C(C)CC(N=[N+]=[N-])C(OC(C)=O)C2OC2OC(COC(C)=O)C(OC3OC(CN=[N+]=[N-])C(OC(C)=O)C(OC(C)=O)C3N=[N+]=[N-])C2OC(C)=O)O1. The number of nitrogens with zero attached hydrogens (tertiary/aromatic N) is 12. The third-order valence-corrected chi connectivity index (χ3v) is 12.2. The molecule has 1 aliphatic carbocycles. The fraction of sp³-hybridized carbons (Fsp3) is 0.744. The Bertz CT molecular complexity index is 2240. The molecule has 4 fully saturated rings. The Labute approximate surface area is 412 Å². The number of carbonyl (C=O) groups is 5. The van der Waals surface area contributed by atoms with E-state index in [1.54, 1.807) is 6.92 Å². The predicted octanol–water partition coefficient (Wildman–Crippen LogP) is 5.34. The van der Waals surface area contributed by atoms with Crippen LogP contribution in [0.2, 0.25) is 0 Å². The summed E-state index contributed by atoms with van der Waals surface area (Å²) in [4.78, 5) is 74.6. The van der Waals surface area contributed by atoms with Crippen LogP contribution in [0.4, 0.5) is 0 Å². The van der Waals surface area contributed by atoms with Crippen LogP contribution in [0.1, 0.15) is 79.7 Å². The van der Waals surface area contributed by atoms with E-state index in [2.05, 4.69) is 45.4 Å². The lowest BCUT2D eigenvalue weighted by Crippen LogP contribution is -2.62. The van der Waals surface area contributed by atoms with Gasteiger partial charge in [-0.3, -0.25) is 24.0 Å². The molecule has 1 aromatic carbocycles. The molecule has 1 aromatic rings. The van der Waals surface area contributed by atoms with E-state index in [-0.39, 0.29) is 12.5 Å². The highest BCUT2D eigenvalue weighted by Gasteiger charge is 2.58. The lowest BCUT2D eigenvalue weighted by molar-refractivity contribution is -0.298. The van der Waals surface area contributed by atoms with Gasteiger partial charge in [0, 0.05) is 66.9 Å². The van der Waals surface area contributed by atoms with Gasteiger partial charge in [0.2, 0.25) is 0 Å². The van der Waals surface area contributed by atoms with Crippen LogP contribution in [-0.2, 0) is 82.6 Å². The summed E-state index contributed by atoms with van der Waals surface area (Å²) in [5.41, 5.74) is 39.4. The molecule has 1 saturated carbocycles. The number of carbonyl (C=O) groups excluding carboxylic acids is 5. The minimum atomic E-state index is -1.81. The number of rotatable bonds is 22. The zero-order valence-electron chi connectivity index (χ0n) is 40.6. The summed E-state index contributed by atoms with van der Waals surface area (Å²) >= 11 is 0. The second kappa shape index (κ2) is 27.4. The van der Waals surface area contributed by atoms with Gasteiger partial charge in [0.05, 0.1) is 30.8 Å². The highest BCUT2D eigenvalue weighted by molar-refractivity contribution is 5.68. The maximum Gasteiger partial charge on any atom is 0.303 e. The second-order valence-electron chi connectivity index (χ2n) is 17.4. The molecule has 0 spiro atoms. The summed E-state index contributed by atoms with van der Waals surface area (Å²) < 4.78 is 67.0. The Kier molecular flexibility index (Phi) is 21.5. The summed E-state index contributed by atoms with van der Waals surface area (Å²) in [7, 11) is 0. The number of benzene rings is 1. The van der Waals surface area contributed by atoms with E-state index in [1.807, 2.05) is 37.3 Å². The molecule has 0 radical (unpaired) electrons. The lowest BCUT2D eigenvalue weighted by atomic mass is 9.80. The fourth-order valence-corrected chi connectivity index (χ4v) is 9.24. The number of esters is 5. The van der Waals surface area contributed by atoms with Crippen LogP contribution < -0.4 is 5.32 Å². The van der Waals surface area contributed by atoms with Gasteiger partial charge in [-0.15, -0.1) is 0 Å². The first-order valence-corrected chi connectivity index (χ1v) is 23.2. The second-order valence-corrected chi connectivity index (χ2v) is 17.4. The van der Waals surface area contributed by atoms with E-state index in [9.17, 15) is 46.1 Å². The Morgan fingerprint density at radius 2 is 1.22 bits per heavy atom. The van der Waals surface area contributed by atoms with Gasteiger partial charge in [-0.25, -0.2) is 0 Å². The van der Waals surface area contributed by atoms with Crippen LogP contribution in [0.5, 0.6) is 0 Å². The van der Waals surface area contributed by atoms with Crippen LogP contribution in [0.15, 0.2) is 50.8 Å². The first-order valence-electron chi connectivity index (χ1n) is 23.2. The van der Waals surface area contributed by atoms with Crippen LogP contribution in [-0.4, -0.2) is 147 Å². The number of nitrogens with one attached hydrogen (secondary N) is 1. The Morgan fingerprint density at radius 3 is 1.83 bits per heavy atom. The number of azide groups is 4. The molecule has 29 nitrogen and oxygen atoms in total. The van der Waals surface area contributed by atoms with Gasteiger partial charge >= 0.3 is 29.8 Å². The normalized spacial score (nSPS) is 33.4. The summed E-state index contributed by atoms with van der Waals surface area (Å²) in [5.74, 6) is -4.88. The molecule has 392 valence electrons. The first-order chi connectivity index (χ1) is 34.5. The molecule has 3 heterocycles. The van der Waals surface area contributed by atoms with Gasteiger partial charge in [0.1, 0.15) is 43.2 Å². The maximum absolute atomic E-state index is 13.0. The summed E-state index contributed by atoms with van der Waals surface area (Å²) in [6.07, 6.45) is -16.9. The van der Waals surface area contributed by atoms with Crippen molar-refractivity contribution in [1.29, 1.82) is 0 Å². The minimum Gasteiger partial charge on any atom is -0.463 e. The zero-order chi connectivity index (χ0) is 52.5. The van der Waals surface area contributed by atoms with Crippen molar-refractivity contribution >= 4 is 29.8 Å². The quantitative estimate of drug-likeness (QED) is 0.0503. The van der Waals surface area contributed by atoms with Crippen LogP contribution in [0.25, 0.3) is 41.8 Å². The molecular weight excluding hydrogens is 955 g/mol.